The molecule has 0 N–H and O–H groups in total. The lowest BCUT2D eigenvalue weighted by molar-refractivity contribution is -0.167. The number of pyridine rings is 1. The molecule has 2 aromatic carbocycles. The largest absolute Gasteiger partial charge is 0.337 e. The molecule has 1 aliphatic heterocycles. The van der Waals surface area contributed by atoms with Crippen LogP contribution in [0.1, 0.15) is 26.3 Å². The van der Waals surface area contributed by atoms with Crippen LogP contribution in [0.3, 0.4) is 0 Å². The van der Waals surface area contributed by atoms with E-state index in [9.17, 15) is 14.4 Å². The van der Waals surface area contributed by atoms with Crippen LogP contribution in [-0.2, 0) is 16.1 Å². The van der Waals surface area contributed by atoms with Crippen LogP contribution >= 0.6 is 0 Å². The van der Waals surface area contributed by atoms with Crippen molar-refractivity contribution in [2.45, 2.75) is 6.42 Å². The van der Waals surface area contributed by atoms with Gasteiger partial charge in [-0.3, -0.25) is 14.6 Å². The minimum Gasteiger partial charge on any atom is -0.329 e. The number of amides is 2. The Kier molecular flexibility index (Phi) is 3.50. The maximum atomic E-state index is 12.3. The van der Waals surface area contributed by atoms with Crippen molar-refractivity contribution in [2.75, 3.05) is 0 Å². The van der Waals surface area contributed by atoms with Gasteiger partial charge in [-0.25, -0.2) is 4.79 Å². The molecule has 0 saturated heterocycles. The zero-order valence-corrected chi connectivity index (χ0v) is 13.0. The summed E-state index contributed by atoms with van der Waals surface area (Å²) in [5, 5.41) is 2.30. The minimum absolute atomic E-state index is 0.0608. The molecule has 1 aliphatic rings. The number of benzene rings is 2. The Balaban J connectivity index is 1.55. The standard InChI is InChI=1S/C19H12N2O4/c22-17(10-12-4-3-5-13-11-20-9-8-14(12)13)25-21-18(23)15-6-1-2-7-16(15)19(21)24/h1-9,11H,10H2. The number of carbonyl (C=O) groups excluding carboxylic acids is 3. The van der Waals surface area contributed by atoms with Crippen molar-refractivity contribution >= 4 is 28.6 Å². The van der Waals surface area contributed by atoms with E-state index < -0.39 is 17.8 Å². The molecular weight excluding hydrogens is 320 g/mol. The normalized spacial score (nSPS) is 13.2. The first-order valence-electron chi connectivity index (χ1n) is 7.65. The molecule has 25 heavy (non-hydrogen) atoms. The zero-order valence-electron chi connectivity index (χ0n) is 13.0. The molecule has 1 aromatic heterocycles. The Morgan fingerprint density at radius 3 is 2.40 bits per heavy atom. The lowest BCUT2D eigenvalue weighted by Crippen LogP contribution is -2.33. The molecular formula is C19H12N2O4. The number of imide groups is 1. The van der Waals surface area contributed by atoms with Gasteiger partial charge in [-0.1, -0.05) is 35.4 Å². The summed E-state index contributed by atoms with van der Waals surface area (Å²) < 4.78 is 0. The fraction of sp³-hybridized carbons (Fsp3) is 0.0526. The van der Waals surface area contributed by atoms with E-state index >= 15 is 0 Å². The van der Waals surface area contributed by atoms with Gasteiger partial charge in [0, 0.05) is 17.8 Å². The van der Waals surface area contributed by atoms with Gasteiger partial charge < -0.3 is 4.84 Å². The van der Waals surface area contributed by atoms with E-state index in [-0.39, 0.29) is 17.5 Å². The van der Waals surface area contributed by atoms with Gasteiger partial charge in [0.05, 0.1) is 17.5 Å². The highest BCUT2D eigenvalue weighted by Crippen LogP contribution is 2.23. The number of fused-ring (bicyclic) bond motifs is 2. The smallest absolute Gasteiger partial charge is 0.329 e. The average molecular weight is 332 g/mol. The van der Waals surface area contributed by atoms with Gasteiger partial charge in [0.2, 0.25) is 0 Å². The fourth-order valence-corrected chi connectivity index (χ4v) is 2.88. The van der Waals surface area contributed by atoms with Crippen LogP contribution in [0.25, 0.3) is 10.8 Å². The molecule has 0 saturated carbocycles. The Morgan fingerprint density at radius 1 is 0.960 bits per heavy atom. The van der Waals surface area contributed by atoms with Crippen LogP contribution in [-0.4, -0.2) is 27.8 Å². The predicted molar refractivity (Wildman–Crippen MR) is 88.5 cm³/mol. The summed E-state index contributed by atoms with van der Waals surface area (Å²) in [4.78, 5) is 45.8. The van der Waals surface area contributed by atoms with Crippen LogP contribution in [0, 0.1) is 0 Å². The van der Waals surface area contributed by atoms with Gasteiger partial charge in [0.1, 0.15) is 0 Å². The number of carbonyl (C=O) groups is 3. The number of aromatic nitrogens is 1. The second-order valence-electron chi connectivity index (χ2n) is 5.60. The summed E-state index contributed by atoms with van der Waals surface area (Å²) in [6.07, 6.45) is 3.28. The Hall–Kier alpha value is -3.54. The highest BCUT2D eigenvalue weighted by molar-refractivity contribution is 6.20. The predicted octanol–water partition coefficient (Wildman–Crippen LogP) is 2.53. The van der Waals surface area contributed by atoms with E-state index in [1.165, 1.54) is 12.1 Å². The first-order valence-corrected chi connectivity index (χ1v) is 7.65. The summed E-state index contributed by atoms with van der Waals surface area (Å²) in [5.74, 6) is -1.94. The SMILES string of the molecule is O=C(Cc1cccc2cnccc12)ON1C(=O)c2ccccc2C1=O. The van der Waals surface area contributed by atoms with Gasteiger partial charge in [-0.05, 0) is 29.1 Å². The summed E-state index contributed by atoms with van der Waals surface area (Å²) in [5.41, 5.74) is 1.20. The van der Waals surface area contributed by atoms with Crippen LogP contribution in [0.15, 0.2) is 60.9 Å². The van der Waals surface area contributed by atoms with Crippen molar-refractivity contribution in [1.29, 1.82) is 0 Å². The first kappa shape index (κ1) is 15.0. The van der Waals surface area contributed by atoms with Crippen molar-refractivity contribution in [3.8, 4) is 0 Å². The highest BCUT2D eigenvalue weighted by Gasteiger charge is 2.38. The Labute approximate surface area is 142 Å². The highest BCUT2D eigenvalue weighted by atomic mass is 16.7. The third kappa shape index (κ3) is 2.53. The van der Waals surface area contributed by atoms with Gasteiger partial charge in [0.25, 0.3) is 11.8 Å². The first-order chi connectivity index (χ1) is 12.1. The molecule has 0 spiro atoms. The van der Waals surface area contributed by atoms with Crippen LogP contribution in [0.2, 0.25) is 0 Å². The van der Waals surface area contributed by atoms with E-state index in [4.69, 9.17) is 4.84 Å². The molecule has 6 nitrogen and oxygen atoms in total. The summed E-state index contributed by atoms with van der Waals surface area (Å²) in [6, 6.07) is 13.7. The summed E-state index contributed by atoms with van der Waals surface area (Å²) >= 11 is 0. The second-order valence-corrected chi connectivity index (χ2v) is 5.60. The van der Waals surface area contributed by atoms with Crippen LogP contribution < -0.4 is 0 Å². The van der Waals surface area contributed by atoms with Gasteiger partial charge in [-0.2, -0.15) is 0 Å². The van der Waals surface area contributed by atoms with E-state index in [2.05, 4.69) is 4.98 Å². The molecule has 0 bridgehead atoms. The van der Waals surface area contributed by atoms with E-state index in [0.29, 0.717) is 5.06 Å². The molecule has 0 radical (unpaired) electrons. The zero-order chi connectivity index (χ0) is 17.4. The molecule has 0 unspecified atom stereocenters. The number of nitrogens with zero attached hydrogens (tertiary/aromatic N) is 2. The average Bonchev–Trinajstić information content (AvgIpc) is 2.87. The topological polar surface area (TPSA) is 76.6 Å². The molecule has 3 aromatic rings. The number of rotatable bonds is 3. The quantitative estimate of drug-likeness (QED) is 0.689. The Bertz CT molecular complexity index is 988. The number of hydrogen-bond acceptors (Lipinski definition) is 5. The van der Waals surface area contributed by atoms with Gasteiger partial charge >= 0.3 is 5.97 Å². The molecule has 0 fully saturated rings. The Morgan fingerprint density at radius 2 is 1.68 bits per heavy atom. The molecule has 0 atom stereocenters. The van der Waals surface area contributed by atoms with Gasteiger partial charge in [0.15, 0.2) is 0 Å². The maximum absolute atomic E-state index is 12.3. The minimum atomic E-state index is -0.682. The third-order valence-electron chi connectivity index (χ3n) is 4.06. The summed E-state index contributed by atoms with van der Waals surface area (Å²) in [6.45, 7) is 0. The van der Waals surface area contributed by atoms with Crippen molar-refractivity contribution in [1.82, 2.24) is 10.0 Å². The molecule has 2 heterocycles. The van der Waals surface area contributed by atoms with E-state index in [1.807, 2.05) is 12.1 Å². The fourth-order valence-electron chi connectivity index (χ4n) is 2.88. The number of hydroxylamine groups is 2. The molecule has 0 aliphatic carbocycles. The van der Waals surface area contributed by atoms with E-state index in [1.54, 1.807) is 36.7 Å². The maximum Gasteiger partial charge on any atom is 0.337 e. The lowest BCUT2D eigenvalue weighted by atomic mass is 10.0. The van der Waals surface area contributed by atoms with Crippen molar-refractivity contribution in [2.24, 2.45) is 0 Å². The monoisotopic (exact) mass is 332 g/mol. The molecule has 2 amide bonds. The van der Waals surface area contributed by atoms with Gasteiger partial charge in [-0.15, -0.1) is 0 Å². The number of hydrogen-bond donors (Lipinski definition) is 0. The molecule has 122 valence electrons. The summed E-state index contributed by atoms with van der Waals surface area (Å²) in [7, 11) is 0. The van der Waals surface area contributed by atoms with Crippen LogP contribution in [0.4, 0.5) is 0 Å². The lowest BCUT2D eigenvalue weighted by Gasteiger charge is -2.13. The third-order valence-corrected chi connectivity index (χ3v) is 4.06. The van der Waals surface area contributed by atoms with Crippen molar-refractivity contribution in [3.05, 3.63) is 77.6 Å². The van der Waals surface area contributed by atoms with Crippen molar-refractivity contribution in [3.63, 3.8) is 0 Å². The molecule has 6 heteroatoms. The second kappa shape index (κ2) is 5.83. The van der Waals surface area contributed by atoms with E-state index in [0.717, 1.165) is 16.3 Å². The van der Waals surface area contributed by atoms with Crippen LogP contribution in [0.5, 0.6) is 0 Å². The molecule has 4 rings (SSSR count). The van der Waals surface area contributed by atoms with Crippen molar-refractivity contribution < 1.29 is 19.2 Å².